The average Bonchev–Trinajstić information content (AvgIpc) is 3.13. The summed E-state index contributed by atoms with van der Waals surface area (Å²) in [5, 5.41) is 18.3. The molecule has 0 amide bonds. The van der Waals surface area contributed by atoms with Crippen molar-refractivity contribution < 1.29 is 47.8 Å². The number of aliphatic hydroxyl groups is 2. The summed E-state index contributed by atoms with van der Waals surface area (Å²) in [4.78, 5) is 34.8. The smallest absolute Gasteiger partial charge is 0.462 e. The summed E-state index contributed by atoms with van der Waals surface area (Å²) >= 11 is 0. The third-order valence-electron chi connectivity index (χ3n) is 8.87. The molecule has 0 fully saturated rings. The third kappa shape index (κ3) is 36.8. The molecule has 0 heterocycles. The van der Waals surface area contributed by atoms with Crippen LogP contribution in [0.15, 0.2) is 24.3 Å². The SMILES string of the molecule is CCCCCCCC/C=C/C/C=C/CCC(=O)OC(COC(=O)CCCCCCCCCCCCCCCCCC)COP(=O)(O)OC[C@@H](O)CO. The Bertz CT molecular complexity index is 925. The van der Waals surface area contributed by atoms with Gasteiger partial charge in [0.25, 0.3) is 0 Å². The van der Waals surface area contributed by atoms with Crippen molar-refractivity contribution in [1.29, 1.82) is 0 Å². The van der Waals surface area contributed by atoms with Gasteiger partial charge in [-0.05, 0) is 32.1 Å². The highest BCUT2D eigenvalue weighted by Gasteiger charge is 2.27. The molecule has 0 aromatic carbocycles. The minimum absolute atomic E-state index is 0.0809. The van der Waals surface area contributed by atoms with Crippen LogP contribution in [0.3, 0.4) is 0 Å². The van der Waals surface area contributed by atoms with Gasteiger partial charge >= 0.3 is 19.8 Å². The van der Waals surface area contributed by atoms with E-state index in [0.29, 0.717) is 12.8 Å². The van der Waals surface area contributed by atoms with E-state index < -0.39 is 51.8 Å². The number of allylic oxidation sites excluding steroid dienone is 4. The van der Waals surface area contributed by atoms with Crippen LogP contribution in [0, 0.1) is 0 Å². The highest BCUT2D eigenvalue weighted by Crippen LogP contribution is 2.43. The predicted molar refractivity (Wildman–Crippen MR) is 210 cm³/mol. The summed E-state index contributed by atoms with van der Waals surface area (Å²) in [5.74, 6) is -0.997. The van der Waals surface area contributed by atoms with Crippen LogP contribution in [0.25, 0.3) is 0 Å². The number of rotatable bonds is 39. The van der Waals surface area contributed by atoms with E-state index in [2.05, 4.69) is 30.5 Å². The van der Waals surface area contributed by atoms with Crippen molar-refractivity contribution in [2.45, 2.75) is 199 Å². The number of hydrogen-bond donors (Lipinski definition) is 3. The average molecular weight is 761 g/mol. The highest BCUT2D eigenvalue weighted by atomic mass is 31.2. The van der Waals surface area contributed by atoms with E-state index in [0.717, 1.165) is 32.1 Å². The molecule has 306 valence electrons. The number of aliphatic hydroxyl groups excluding tert-OH is 2. The molecule has 0 saturated heterocycles. The summed E-state index contributed by atoms with van der Waals surface area (Å²) in [6.45, 7) is 2.31. The van der Waals surface area contributed by atoms with Gasteiger partial charge in [-0.1, -0.05) is 167 Å². The first-order chi connectivity index (χ1) is 25.2. The maximum absolute atomic E-state index is 12.5. The number of carbonyl (C=O) groups excluding carboxylic acids is 2. The zero-order valence-corrected chi connectivity index (χ0v) is 33.9. The Morgan fingerprint density at radius 1 is 0.577 bits per heavy atom. The van der Waals surface area contributed by atoms with Crippen LogP contribution < -0.4 is 0 Å². The van der Waals surface area contributed by atoms with Gasteiger partial charge in [-0.15, -0.1) is 0 Å². The van der Waals surface area contributed by atoms with Gasteiger partial charge in [0.15, 0.2) is 6.10 Å². The Labute approximate surface area is 317 Å². The van der Waals surface area contributed by atoms with Crippen LogP contribution in [0.1, 0.15) is 187 Å². The number of phosphoric acid groups is 1. The summed E-state index contributed by atoms with van der Waals surface area (Å²) in [6.07, 6.45) is 35.9. The minimum Gasteiger partial charge on any atom is -0.462 e. The number of carbonyl (C=O) groups is 2. The standard InChI is InChI=1S/C41H77O10P/c1-3-5-7-9-11-13-15-17-18-19-21-22-24-26-28-30-32-40(44)48-36-39(37-50-52(46,47)49-35-38(43)34-42)51-41(45)33-31-29-27-25-23-20-16-14-12-10-8-6-4-2/h20,23,27,29,38-39,42-43H,3-19,21-22,24-26,28,30-37H2,1-2H3,(H,46,47)/b23-20+,29-27+/t38-,39?/m0/s1. The topological polar surface area (TPSA) is 149 Å². The monoisotopic (exact) mass is 761 g/mol. The van der Waals surface area contributed by atoms with Gasteiger partial charge in [-0.25, -0.2) is 4.57 Å². The fourth-order valence-corrected chi connectivity index (χ4v) is 6.42. The lowest BCUT2D eigenvalue weighted by Gasteiger charge is -2.20. The Kier molecular flexibility index (Phi) is 36.6. The number of esters is 2. The van der Waals surface area contributed by atoms with E-state index >= 15 is 0 Å². The Morgan fingerprint density at radius 2 is 1.04 bits per heavy atom. The molecule has 0 spiro atoms. The van der Waals surface area contributed by atoms with Crippen LogP contribution in [0.5, 0.6) is 0 Å². The van der Waals surface area contributed by atoms with Crippen LogP contribution in [0.2, 0.25) is 0 Å². The Morgan fingerprint density at radius 3 is 1.56 bits per heavy atom. The molecular weight excluding hydrogens is 683 g/mol. The molecule has 10 nitrogen and oxygen atoms in total. The molecular formula is C41H77O10P. The molecule has 0 aliphatic carbocycles. The highest BCUT2D eigenvalue weighted by molar-refractivity contribution is 7.47. The van der Waals surface area contributed by atoms with Gasteiger partial charge in [0, 0.05) is 12.8 Å². The first-order valence-corrected chi connectivity index (χ1v) is 22.3. The summed E-state index contributed by atoms with van der Waals surface area (Å²) < 4.78 is 32.6. The molecule has 0 aromatic heterocycles. The molecule has 0 aliphatic rings. The quantitative estimate of drug-likeness (QED) is 0.0239. The summed E-state index contributed by atoms with van der Waals surface area (Å²) in [6, 6.07) is 0. The van der Waals surface area contributed by atoms with Crippen molar-refractivity contribution in [1.82, 2.24) is 0 Å². The lowest BCUT2D eigenvalue weighted by Crippen LogP contribution is -2.29. The predicted octanol–water partition coefficient (Wildman–Crippen LogP) is 10.6. The van der Waals surface area contributed by atoms with Crippen molar-refractivity contribution in [2.75, 3.05) is 26.4 Å². The largest absolute Gasteiger partial charge is 0.472 e. The van der Waals surface area contributed by atoms with Crippen molar-refractivity contribution in [2.24, 2.45) is 0 Å². The first kappa shape index (κ1) is 50.5. The van der Waals surface area contributed by atoms with E-state index in [4.69, 9.17) is 19.1 Å². The van der Waals surface area contributed by atoms with Gasteiger partial charge in [0.05, 0.1) is 19.8 Å². The molecule has 11 heteroatoms. The van der Waals surface area contributed by atoms with Crippen LogP contribution in [0.4, 0.5) is 0 Å². The van der Waals surface area contributed by atoms with E-state index in [1.165, 1.54) is 116 Å². The molecule has 52 heavy (non-hydrogen) atoms. The molecule has 2 unspecified atom stereocenters. The van der Waals surface area contributed by atoms with Crippen LogP contribution >= 0.6 is 7.82 Å². The number of hydrogen-bond acceptors (Lipinski definition) is 9. The second-order valence-electron chi connectivity index (χ2n) is 14.0. The Hall–Kier alpha value is -1.55. The zero-order chi connectivity index (χ0) is 38.4. The van der Waals surface area contributed by atoms with Gasteiger partial charge < -0.3 is 24.6 Å². The van der Waals surface area contributed by atoms with E-state index in [1.54, 1.807) is 0 Å². The molecule has 3 N–H and O–H groups in total. The third-order valence-corrected chi connectivity index (χ3v) is 9.82. The van der Waals surface area contributed by atoms with Crippen molar-refractivity contribution in [3.63, 3.8) is 0 Å². The number of phosphoric ester groups is 1. The zero-order valence-electron chi connectivity index (χ0n) is 33.0. The van der Waals surface area contributed by atoms with Crippen molar-refractivity contribution >= 4 is 19.8 Å². The second kappa shape index (κ2) is 37.8. The summed E-state index contributed by atoms with van der Waals surface area (Å²) in [7, 11) is -4.62. The number of unbranched alkanes of at least 4 members (excludes halogenated alkanes) is 21. The molecule has 0 aliphatic heterocycles. The molecule has 0 rings (SSSR count). The molecule has 0 saturated carbocycles. The molecule has 0 radical (unpaired) electrons. The fraction of sp³-hybridized carbons (Fsp3) is 0.854. The van der Waals surface area contributed by atoms with E-state index in [1.807, 2.05) is 12.2 Å². The van der Waals surface area contributed by atoms with Crippen LogP contribution in [-0.2, 0) is 32.7 Å². The lowest BCUT2D eigenvalue weighted by atomic mass is 10.0. The van der Waals surface area contributed by atoms with Crippen LogP contribution in [-0.4, -0.2) is 65.7 Å². The first-order valence-electron chi connectivity index (χ1n) is 20.8. The second-order valence-corrected chi connectivity index (χ2v) is 15.5. The maximum atomic E-state index is 12.5. The van der Waals surface area contributed by atoms with Gasteiger partial charge in [-0.3, -0.25) is 18.6 Å². The minimum atomic E-state index is -4.62. The summed E-state index contributed by atoms with van der Waals surface area (Å²) in [5.41, 5.74) is 0. The molecule has 0 aromatic rings. The van der Waals surface area contributed by atoms with Gasteiger partial charge in [0.1, 0.15) is 12.7 Å². The normalized spacial score (nSPS) is 14.2. The lowest BCUT2D eigenvalue weighted by molar-refractivity contribution is -0.161. The molecule has 0 bridgehead atoms. The van der Waals surface area contributed by atoms with E-state index in [9.17, 15) is 24.2 Å². The Balaban J connectivity index is 4.35. The maximum Gasteiger partial charge on any atom is 0.472 e. The fourth-order valence-electron chi connectivity index (χ4n) is 5.63. The molecule has 3 atom stereocenters. The van der Waals surface area contributed by atoms with Gasteiger partial charge in [0.2, 0.25) is 0 Å². The van der Waals surface area contributed by atoms with Crippen molar-refractivity contribution in [3.05, 3.63) is 24.3 Å². The number of ether oxygens (including phenoxy) is 2. The van der Waals surface area contributed by atoms with Crippen molar-refractivity contribution in [3.8, 4) is 0 Å². The van der Waals surface area contributed by atoms with E-state index in [-0.39, 0.29) is 19.4 Å². The van der Waals surface area contributed by atoms with Gasteiger partial charge in [-0.2, -0.15) is 0 Å².